The first kappa shape index (κ1) is 10.6. The highest BCUT2D eigenvalue weighted by Gasteiger charge is 2.09. The van der Waals surface area contributed by atoms with E-state index in [2.05, 4.69) is 62.0 Å². The minimum atomic E-state index is 0.533. The third kappa shape index (κ3) is 3.41. The van der Waals surface area contributed by atoms with Crippen molar-refractivity contribution in [1.29, 1.82) is 0 Å². The lowest BCUT2D eigenvalue weighted by Crippen LogP contribution is -2.31. The Balaban J connectivity index is 2.57. The number of hydrogen-bond acceptors (Lipinski definition) is 2. The first-order valence-corrected chi connectivity index (χ1v) is 5.18. The molecule has 0 heterocycles. The normalized spacial score (nSPS) is 13.2. The van der Waals surface area contributed by atoms with Gasteiger partial charge in [0.15, 0.2) is 0 Å². The lowest BCUT2D eigenvalue weighted by Gasteiger charge is -2.22. The lowest BCUT2D eigenvalue weighted by atomic mass is 10.1. The summed E-state index contributed by atoms with van der Waals surface area (Å²) in [4.78, 5) is 2.22. The maximum absolute atomic E-state index is 4.34. The topological polar surface area (TPSA) is 3.24 Å². The summed E-state index contributed by atoms with van der Waals surface area (Å²) in [6, 6.07) is 11.1. The van der Waals surface area contributed by atoms with Gasteiger partial charge in [-0.3, -0.25) is 0 Å². The van der Waals surface area contributed by atoms with Crippen LogP contribution in [0.5, 0.6) is 0 Å². The molecule has 0 saturated heterocycles. The SMILES string of the molecule is CN(C)[C@H](CS)Cc1ccccc1. The highest BCUT2D eigenvalue weighted by molar-refractivity contribution is 7.80. The summed E-state index contributed by atoms with van der Waals surface area (Å²) < 4.78 is 0. The van der Waals surface area contributed by atoms with Crippen molar-refractivity contribution in [2.45, 2.75) is 12.5 Å². The monoisotopic (exact) mass is 195 g/mol. The Kier molecular flexibility index (Phi) is 4.33. The Bertz CT molecular complexity index is 233. The van der Waals surface area contributed by atoms with Crippen LogP contribution in [-0.2, 0) is 6.42 Å². The predicted molar refractivity (Wildman–Crippen MR) is 61.5 cm³/mol. The molecule has 0 fully saturated rings. The van der Waals surface area contributed by atoms with E-state index in [1.54, 1.807) is 0 Å². The van der Waals surface area contributed by atoms with Gasteiger partial charge in [0.2, 0.25) is 0 Å². The molecule has 0 unspecified atom stereocenters. The fraction of sp³-hybridized carbons (Fsp3) is 0.455. The fourth-order valence-electron chi connectivity index (χ4n) is 1.30. The van der Waals surface area contributed by atoms with Crippen LogP contribution in [0.2, 0.25) is 0 Å². The summed E-state index contributed by atoms with van der Waals surface area (Å²) in [6.45, 7) is 0. The highest BCUT2D eigenvalue weighted by Crippen LogP contribution is 2.07. The van der Waals surface area contributed by atoms with E-state index in [1.165, 1.54) is 5.56 Å². The second-order valence-corrected chi connectivity index (χ2v) is 3.85. The molecule has 0 radical (unpaired) electrons. The van der Waals surface area contributed by atoms with E-state index in [0.717, 1.165) is 12.2 Å². The molecule has 0 N–H and O–H groups in total. The zero-order chi connectivity index (χ0) is 9.68. The second kappa shape index (κ2) is 5.30. The summed E-state index contributed by atoms with van der Waals surface area (Å²) in [7, 11) is 4.20. The van der Waals surface area contributed by atoms with Gasteiger partial charge in [0.05, 0.1) is 0 Å². The summed E-state index contributed by atoms with van der Waals surface area (Å²) in [5.41, 5.74) is 1.38. The third-order valence-electron chi connectivity index (χ3n) is 2.26. The van der Waals surface area contributed by atoms with E-state index >= 15 is 0 Å². The van der Waals surface area contributed by atoms with Gasteiger partial charge in [0.1, 0.15) is 0 Å². The molecule has 13 heavy (non-hydrogen) atoms. The molecular formula is C11H17NS. The van der Waals surface area contributed by atoms with Crippen molar-refractivity contribution in [3.8, 4) is 0 Å². The van der Waals surface area contributed by atoms with Gasteiger partial charge < -0.3 is 4.90 Å². The van der Waals surface area contributed by atoms with Crippen LogP contribution in [0, 0.1) is 0 Å². The van der Waals surface area contributed by atoms with Crippen LogP contribution in [0.3, 0.4) is 0 Å². The Hall–Kier alpha value is -0.470. The number of thiol groups is 1. The standard InChI is InChI=1S/C11H17NS/c1-12(2)11(9-13)8-10-6-4-3-5-7-10/h3-7,11,13H,8-9H2,1-2H3/t11-/m0/s1. The van der Waals surface area contributed by atoms with Crippen molar-refractivity contribution in [3.63, 3.8) is 0 Å². The molecule has 1 aromatic carbocycles. The van der Waals surface area contributed by atoms with Gasteiger partial charge in [-0.05, 0) is 26.1 Å². The Morgan fingerprint density at radius 1 is 1.23 bits per heavy atom. The third-order valence-corrected chi connectivity index (χ3v) is 2.68. The summed E-state index contributed by atoms with van der Waals surface area (Å²) >= 11 is 4.34. The number of likely N-dealkylation sites (N-methyl/N-ethyl adjacent to an activating group) is 1. The zero-order valence-electron chi connectivity index (χ0n) is 8.27. The smallest absolute Gasteiger partial charge is 0.0218 e. The molecule has 1 rings (SSSR count). The Morgan fingerprint density at radius 3 is 2.31 bits per heavy atom. The van der Waals surface area contributed by atoms with Gasteiger partial charge >= 0.3 is 0 Å². The quantitative estimate of drug-likeness (QED) is 0.720. The van der Waals surface area contributed by atoms with E-state index < -0.39 is 0 Å². The Labute approximate surface area is 86.2 Å². The first-order valence-electron chi connectivity index (χ1n) is 4.55. The van der Waals surface area contributed by atoms with E-state index in [-0.39, 0.29) is 0 Å². The average Bonchev–Trinajstić information content (AvgIpc) is 2.15. The van der Waals surface area contributed by atoms with E-state index in [1.807, 2.05) is 0 Å². The van der Waals surface area contributed by atoms with Gasteiger partial charge in [-0.2, -0.15) is 12.6 Å². The van der Waals surface area contributed by atoms with Crippen molar-refractivity contribution in [3.05, 3.63) is 35.9 Å². The van der Waals surface area contributed by atoms with Gasteiger partial charge in [-0.15, -0.1) is 0 Å². The molecule has 1 atom stereocenters. The van der Waals surface area contributed by atoms with Gasteiger partial charge in [-0.25, -0.2) is 0 Å². The summed E-state index contributed by atoms with van der Waals surface area (Å²) in [5.74, 6) is 0.905. The molecule has 0 amide bonds. The average molecular weight is 195 g/mol. The summed E-state index contributed by atoms with van der Waals surface area (Å²) in [6.07, 6.45) is 1.08. The number of nitrogens with zero attached hydrogens (tertiary/aromatic N) is 1. The van der Waals surface area contributed by atoms with Gasteiger partial charge in [0.25, 0.3) is 0 Å². The minimum absolute atomic E-state index is 0.533. The lowest BCUT2D eigenvalue weighted by molar-refractivity contribution is 0.317. The van der Waals surface area contributed by atoms with Crippen LogP contribution in [0.25, 0.3) is 0 Å². The molecule has 0 spiro atoms. The maximum atomic E-state index is 4.34. The molecule has 2 heteroatoms. The molecule has 0 aliphatic heterocycles. The Morgan fingerprint density at radius 2 is 1.85 bits per heavy atom. The maximum Gasteiger partial charge on any atom is 0.0218 e. The van der Waals surface area contributed by atoms with Crippen LogP contribution < -0.4 is 0 Å². The van der Waals surface area contributed by atoms with Crippen LogP contribution in [-0.4, -0.2) is 30.8 Å². The van der Waals surface area contributed by atoms with Crippen LogP contribution in [0.1, 0.15) is 5.56 Å². The van der Waals surface area contributed by atoms with E-state index in [9.17, 15) is 0 Å². The predicted octanol–water partition coefficient (Wildman–Crippen LogP) is 2.09. The molecule has 0 aromatic heterocycles. The highest BCUT2D eigenvalue weighted by atomic mass is 32.1. The molecule has 1 aromatic rings. The number of hydrogen-bond donors (Lipinski definition) is 1. The van der Waals surface area contributed by atoms with E-state index in [4.69, 9.17) is 0 Å². The molecule has 0 saturated carbocycles. The van der Waals surface area contributed by atoms with Crippen LogP contribution >= 0.6 is 12.6 Å². The van der Waals surface area contributed by atoms with Crippen LogP contribution in [0.15, 0.2) is 30.3 Å². The summed E-state index contributed by atoms with van der Waals surface area (Å²) in [5, 5.41) is 0. The first-order chi connectivity index (χ1) is 6.24. The molecule has 0 aliphatic carbocycles. The molecular weight excluding hydrogens is 178 g/mol. The van der Waals surface area contributed by atoms with Crippen molar-refractivity contribution >= 4 is 12.6 Å². The number of benzene rings is 1. The van der Waals surface area contributed by atoms with Crippen molar-refractivity contribution in [2.75, 3.05) is 19.8 Å². The largest absolute Gasteiger partial charge is 0.305 e. The second-order valence-electron chi connectivity index (χ2n) is 3.49. The van der Waals surface area contributed by atoms with E-state index in [0.29, 0.717) is 6.04 Å². The van der Waals surface area contributed by atoms with Crippen LogP contribution in [0.4, 0.5) is 0 Å². The van der Waals surface area contributed by atoms with Crippen molar-refractivity contribution < 1.29 is 0 Å². The van der Waals surface area contributed by atoms with Gasteiger partial charge in [0, 0.05) is 11.8 Å². The fourth-order valence-corrected chi connectivity index (χ4v) is 1.75. The van der Waals surface area contributed by atoms with Gasteiger partial charge in [-0.1, -0.05) is 30.3 Å². The zero-order valence-corrected chi connectivity index (χ0v) is 9.17. The van der Waals surface area contributed by atoms with Crippen molar-refractivity contribution in [1.82, 2.24) is 4.90 Å². The molecule has 72 valence electrons. The van der Waals surface area contributed by atoms with Crippen molar-refractivity contribution in [2.24, 2.45) is 0 Å². The molecule has 1 nitrogen and oxygen atoms in total. The minimum Gasteiger partial charge on any atom is -0.305 e. The molecule has 0 aliphatic rings. The number of rotatable bonds is 4. The molecule has 0 bridgehead atoms.